The second-order valence-electron chi connectivity index (χ2n) is 7.46. The molecule has 0 radical (unpaired) electrons. The Balaban J connectivity index is 1.41. The van der Waals surface area contributed by atoms with Gasteiger partial charge in [-0.25, -0.2) is 0 Å². The van der Waals surface area contributed by atoms with Crippen LogP contribution < -0.4 is 10.1 Å². The fourth-order valence-electron chi connectivity index (χ4n) is 3.79. The first-order valence-corrected chi connectivity index (χ1v) is 9.87. The standard InChI is InChI=1S/C23H30N2O2/c1-18-16-22(24-19(2)26)12-13-25(18)14-15-27-23-10-8-21(9-11-23)17-20-6-4-3-5-7-20/h3-11,18,22H,12-17H2,1-2H3,(H,24,26). The van der Waals surface area contributed by atoms with E-state index in [1.54, 1.807) is 6.92 Å². The maximum Gasteiger partial charge on any atom is 0.217 e. The number of nitrogens with zero attached hydrogens (tertiary/aromatic N) is 1. The summed E-state index contributed by atoms with van der Waals surface area (Å²) in [5.41, 5.74) is 2.62. The predicted octanol–water partition coefficient (Wildman–Crippen LogP) is 3.65. The molecule has 3 rings (SSSR count). The van der Waals surface area contributed by atoms with Crippen LogP contribution in [0.4, 0.5) is 0 Å². The number of amides is 1. The van der Waals surface area contributed by atoms with E-state index >= 15 is 0 Å². The molecule has 2 aromatic carbocycles. The van der Waals surface area contributed by atoms with Gasteiger partial charge >= 0.3 is 0 Å². The first kappa shape index (κ1) is 19.4. The lowest BCUT2D eigenvalue weighted by molar-refractivity contribution is -0.120. The van der Waals surface area contributed by atoms with Gasteiger partial charge in [0.05, 0.1) is 0 Å². The van der Waals surface area contributed by atoms with Gasteiger partial charge in [0.2, 0.25) is 5.91 Å². The van der Waals surface area contributed by atoms with E-state index in [0.717, 1.165) is 38.1 Å². The third-order valence-corrected chi connectivity index (χ3v) is 5.24. The molecule has 1 amide bonds. The van der Waals surface area contributed by atoms with Gasteiger partial charge in [-0.3, -0.25) is 9.69 Å². The minimum absolute atomic E-state index is 0.0692. The van der Waals surface area contributed by atoms with E-state index in [1.807, 2.05) is 6.07 Å². The number of nitrogens with one attached hydrogen (secondary N) is 1. The Morgan fingerprint density at radius 1 is 1.11 bits per heavy atom. The lowest BCUT2D eigenvalue weighted by Crippen LogP contribution is -2.49. The van der Waals surface area contributed by atoms with Crippen LogP contribution in [-0.2, 0) is 11.2 Å². The number of carbonyl (C=O) groups excluding carboxylic acids is 1. The molecule has 27 heavy (non-hydrogen) atoms. The summed E-state index contributed by atoms with van der Waals surface area (Å²) in [4.78, 5) is 13.7. The zero-order chi connectivity index (χ0) is 19.1. The molecule has 4 nitrogen and oxygen atoms in total. The van der Waals surface area contributed by atoms with Crippen LogP contribution in [0.5, 0.6) is 5.75 Å². The van der Waals surface area contributed by atoms with Crippen LogP contribution in [0.1, 0.15) is 37.8 Å². The summed E-state index contributed by atoms with van der Waals surface area (Å²) in [5.74, 6) is 0.993. The number of likely N-dealkylation sites (tertiary alicyclic amines) is 1. The van der Waals surface area contributed by atoms with Gasteiger partial charge in [-0.1, -0.05) is 42.5 Å². The van der Waals surface area contributed by atoms with Crippen LogP contribution in [0, 0.1) is 0 Å². The van der Waals surface area contributed by atoms with Gasteiger partial charge in [-0.15, -0.1) is 0 Å². The lowest BCUT2D eigenvalue weighted by atomic mass is 9.98. The molecule has 1 N–H and O–H groups in total. The van der Waals surface area contributed by atoms with E-state index in [-0.39, 0.29) is 5.91 Å². The molecule has 0 aromatic heterocycles. The average molecular weight is 367 g/mol. The van der Waals surface area contributed by atoms with E-state index < -0.39 is 0 Å². The molecule has 2 atom stereocenters. The predicted molar refractivity (Wildman–Crippen MR) is 109 cm³/mol. The van der Waals surface area contributed by atoms with Crippen molar-refractivity contribution in [3.8, 4) is 5.75 Å². The molecule has 0 bridgehead atoms. The molecule has 2 aromatic rings. The summed E-state index contributed by atoms with van der Waals surface area (Å²) in [6.07, 6.45) is 2.97. The summed E-state index contributed by atoms with van der Waals surface area (Å²) in [7, 11) is 0. The van der Waals surface area contributed by atoms with Crippen molar-refractivity contribution in [1.29, 1.82) is 0 Å². The highest BCUT2D eigenvalue weighted by atomic mass is 16.5. The van der Waals surface area contributed by atoms with Crippen LogP contribution >= 0.6 is 0 Å². The Hall–Kier alpha value is -2.33. The molecule has 0 spiro atoms. The second-order valence-corrected chi connectivity index (χ2v) is 7.46. The van der Waals surface area contributed by atoms with E-state index in [9.17, 15) is 4.79 Å². The zero-order valence-electron chi connectivity index (χ0n) is 16.4. The van der Waals surface area contributed by atoms with Gasteiger partial charge < -0.3 is 10.1 Å². The Bertz CT molecular complexity index is 715. The Kier molecular flexibility index (Phi) is 6.88. The fraction of sp³-hybridized carbons (Fsp3) is 0.435. The van der Waals surface area contributed by atoms with E-state index in [4.69, 9.17) is 4.74 Å². The van der Waals surface area contributed by atoms with Gasteiger partial charge in [0.1, 0.15) is 12.4 Å². The molecule has 4 heteroatoms. The normalized spacial score (nSPS) is 20.2. The molecular formula is C23H30N2O2. The highest BCUT2D eigenvalue weighted by Gasteiger charge is 2.25. The molecular weight excluding hydrogens is 336 g/mol. The molecule has 0 saturated carbocycles. The van der Waals surface area contributed by atoms with Crippen LogP contribution in [0.2, 0.25) is 0 Å². The maximum absolute atomic E-state index is 11.2. The Morgan fingerprint density at radius 3 is 2.48 bits per heavy atom. The summed E-state index contributed by atoms with van der Waals surface area (Å²) in [6.45, 7) is 6.43. The number of piperidine rings is 1. The molecule has 1 saturated heterocycles. The summed E-state index contributed by atoms with van der Waals surface area (Å²) < 4.78 is 5.94. The fourth-order valence-corrected chi connectivity index (χ4v) is 3.79. The molecule has 1 heterocycles. The highest BCUT2D eigenvalue weighted by Crippen LogP contribution is 2.18. The summed E-state index contributed by atoms with van der Waals surface area (Å²) in [6, 6.07) is 19.7. The van der Waals surface area contributed by atoms with Crippen LogP contribution in [0.15, 0.2) is 54.6 Å². The Labute approximate surface area is 162 Å². The number of hydrogen-bond donors (Lipinski definition) is 1. The quantitative estimate of drug-likeness (QED) is 0.813. The third-order valence-electron chi connectivity index (χ3n) is 5.24. The molecule has 2 unspecified atom stereocenters. The first-order valence-electron chi connectivity index (χ1n) is 9.87. The minimum Gasteiger partial charge on any atom is -0.492 e. The molecule has 0 aliphatic carbocycles. The van der Waals surface area contributed by atoms with Crippen LogP contribution in [0.25, 0.3) is 0 Å². The SMILES string of the molecule is CC(=O)NC1CCN(CCOc2ccc(Cc3ccccc3)cc2)C(C)C1. The van der Waals surface area contributed by atoms with Crippen molar-refractivity contribution in [1.82, 2.24) is 10.2 Å². The van der Waals surface area contributed by atoms with Crippen LogP contribution in [0.3, 0.4) is 0 Å². The van der Waals surface area contributed by atoms with Crippen molar-refractivity contribution in [2.24, 2.45) is 0 Å². The van der Waals surface area contributed by atoms with Crippen molar-refractivity contribution in [2.45, 2.75) is 45.2 Å². The average Bonchev–Trinajstić information content (AvgIpc) is 2.65. The molecule has 1 aliphatic heterocycles. The number of rotatable bonds is 7. The van der Waals surface area contributed by atoms with E-state index in [2.05, 4.69) is 65.7 Å². The highest BCUT2D eigenvalue weighted by molar-refractivity contribution is 5.73. The van der Waals surface area contributed by atoms with Gasteiger partial charge in [-0.05, 0) is 49.4 Å². The van der Waals surface area contributed by atoms with Gasteiger partial charge in [0.25, 0.3) is 0 Å². The second kappa shape index (κ2) is 9.56. The van der Waals surface area contributed by atoms with Gasteiger partial charge in [0.15, 0.2) is 0 Å². The topological polar surface area (TPSA) is 41.6 Å². The molecule has 144 valence electrons. The number of hydrogen-bond acceptors (Lipinski definition) is 3. The van der Waals surface area contributed by atoms with Crippen molar-refractivity contribution in [3.05, 3.63) is 65.7 Å². The first-order chi connectivity index (χ1) is 13.1. The molecule has 1 fully saturated rings. The number of benzene rings is 2. The number of ether oxygens (including phenoxy) is 1. The maximum atomic E-state index is 11.2. The van der Waals surface area contributed by atoms with Gasteiger partial charge in [0, 0.05) is 32.1 Å². The van der Waals surface area contributed by atoms with Crippen molar-refractivity contribution >= 4 is 5.91 Å². The summed E-state index contributed by atoms with van der Waals surface area (Å²) >= 11 is 0. The minimum atomic E-state index is 0.0692. The van der Waals surface area contributed by atoms with Crippen molar-refractivity contribution in [2.75, 3.05) is 19.7 Å². The zero-order valence-corrected chi connectivity index (χ0v) is 16.4. The van der Waals surface area contributed by atoms with Gasteiger partial charge in [-0.2, -0.15) is 0 Å². The van der Waals surface area contributed by atoms with Crippen molar-refractivity contribution in [3.63, 3.8) is 0 Å². The lowest BCUT2D eigenvalue weighted by Gasteiger charge is -2.37. The monoisotopic (exact) mass is 366 g/mol. The molecule has 1 aliphatic rings. The van der Waals surface area contributed by atoms with E-state index in [1.165, 1.54) is 11.1 Å². The number of carbonyl (C=O) groups is 1. The smallest absolute Gasteiger partial charge is 0.217 e. The van der Waals surface area contributed by atoms with E-state index in [0.29, 0.717) is 18.7 Å². The largest absolute Gasteiger partial charge is 0.492 e. The Morgan fingerprint density at radius 2 is 1.81 bits per heavy atom. The van der Waals surface area contributed by atoms with Crippen molar-refractivity contribution < 1.29 is 9.53 Å². The third kappa shape index (κ3) is 6.10. The summed E-state index contributed by atoms with van der Waals surface area (Å²) in [5, 5.41) is 3.04. The van der Waals surface area contributed by atoms with Crippen LogP contribution in [-0.4, -0.2) is 42.6 Å².